The number of aryl methyl sites for hydroxylation is 1. The summed E-state index contributed by atoms with van der Waals surface area (Å²) in [5.74, 6) is -0.302. The van der Waals surface area contributed by atoms with E-state index in [4.69, 9.17) is 9.47 Å². The zero-order valence-corrected chi connectivity index (χ0v) is 24.0. The van der Waals surface area contributed by atoms with Crippen LogP contribution in [0.25, 0.3) is 5.57 Å². The standard InChI is InChI=1S/C29H43NO6S/c1-7-8-9-10-16-37(33,34)30-23-17-19(2)25(22-13-14-24-21(18-22)12-11-15-35-24)26(20(23)3)27(28(31)32)36-29(4,5)6/h13-14,18-19,27,30H,7-12,15-17H2,1-6H3,(H,31,32). The van der Waals surface area contributed by atoms with Gasteiger partial charge in [-0.05, 0) is 93.7 Å². The van der Waals surface area contributed by atoms with Crippen molar-refractivity contribution in [1.29, 1.82) is 0 Å². The third-order valence-corrected chi connectivity index (χ3v) is 8.26. The predicted molar refractivity (Wildman–Crippen MR) is 147 cm³/mol. The van der Waals surface area contributed by atoms with Crippen LogP contribution in [0.5, 0.6) is 5.75 Å². The van der Waals surface area contributed by atoms with Gasteiger partial charge in [-0.25, -0.2) is 13.2 Å². The van der Waals surface area contributed by atoms with Gasteiger partial charge in [0, 0.05) is 11.3 Å². The minimum absolute atomic E-state index is 0.0513. The maximum Gasteiger partial charge on any atom is 0.337 e. The van der Waals surface area contributed by atoms with Gasteiger partial charge in [-0.3, -0.25) is 4.72 Å². The fourth-order valence-electron chi connectivity index (χ4n) is 5.16. The van der Waals surface area contributed by atoms with E-state index >= 15 is 0 Å². The normalized spacial score (nSPS) is 19.4. The molecule has 0 saturated carbocycles. The van der Waals surface area contributed by atoms with Crippen LogP contribution in [0, 0.1) is 5.92 Å². The second-order valence-electron chi connectivity index (χ2n) is 11.2. The Balaban J connectivity index is 2.12. The van der Waals surface area contributed by atoms with Gasteiger partial charge in [-0.1, -0.05) is 39.2 Å². The monoisotopic (exact) mass is 533 g/mol. The fraction of sp³-hybridized carbons (Fsp3) is 0.621. The molecule has 1 heterocycles. The van der Waals surface area contributed by atoms with Gasteiger partial charge < -0.3 is 14.6 Å². The number of sulfonamides is 1. The third-order valence-electron chi connectivity index (χ3n) is 6.87. The van der Waals surface area contributed by atoms with E-state index in [2.05, 4.69) is 17.7 Å². The highest BCUT2D eigenvalue weighted by Gasteiger charge is 2.37. The van der Waals surface area contributed by atoms with E-state index in [0.29, 0.717) is 36.3 Å². The molecule has 2 aliphatic rings. The topological polar surface area (TPSA) is 102 Å². The summed E-state index contributed by atoms with van der Waals surface area (Å²) in [7, 11) is -3.55. The number of carboxylic acid groups (broad SMARTS) is 1. The van der Waals surface area contributed by atoms with E-state index in [1.807, 2.05) is 39.8 Å². The number of nitrogens with one attached hydrogen (secondary N) is 1. The predicted octanol–water partition coefficient (Wildman–Crippen LogP) is 5.85. The summed E-state index contributed by atoms with van der Waals surface area (Å²) < 4.78 is 40.6. The van der Waals surface area contributed by atoms with Crippen LogP contribution in [0.1, 0.15) is 91.2 Å². The van der Waals surface area contributed by atoms with Crippen molar-refractivity contribution in [1.82, 2.24) is 4.72 Å². The summed E-state index contributed by atoms with van der Waals surface area (Å²) >= 11 is 0. The quantitative estimate of drug-likeness (QED) is 0.346. The first-order chi connectivity index (χ1) is 17.3. The van der Waals surface area contributed by atoms with Crippen LogP contribution in [-0.4, -0.2) is 43.6 Å². The Hall–Kier alpha value is -2.32. The van der Waals surface area contributed by atoms with Crippen LogP contribution in [0.3, 0.4) is 0 Å². The van der Waals surface area contributed by atoms with Crippen LogP contribution in [0.4, 0.5) is 0 Å². The molecule has 8 heteroatoms. The van der Waals surface area contributed by atoms with E-state index in [1.165, 1.54) is 0 Å². The molecule has 0 fully saturated rings. The minimum atomic E-state index is -3.55. The van der Waals surface area contributed by atoms with Crippen molar-refractivity contribution in [2.75, 3.05) is 12.4 Å². The Morgan fingerprint density at radius 3 is 2.62 bits per heavy atom. The Kier molecular flexibility index (Phi) is 9.51. The molecule has 2 unspecified atom stereocenters. The van der Waals surface area contributed by atoms with Gasteiger partial charge >= 0.3 is 5.97 Å². The Bertz CT molecular complexity index is 1160. The van der Waals surface area contributed by atoms with E-state index < -0.39 is 27.7 Å². The van der Waals surface area contributed by atoms with Gasteiger partial charge in [-0.15, -0.1) is 0 Å². The van der Waals surface area contributed by atoms with Crippen molar-refractivity contribution in [3.8, 4) is 5.75 Å². The molecule has 2 N–H and O–H groups in total. The van der Waals surface area contributed by atoms with Gasteiger partial charge in [-0.2, -0.15) is 0 Å². The molecular weight excluding hydrogens is 490 g/mol. The highest BCUT2D eigenvalue weighted by Crippen LogP contribution is 2.43. The number of rotatable bonds is 11. The zero-order chi connectivity index (χ0) is 27.4. The lowest BCUT2D eigenvalue weighted by Crippen LogP contribution is -2.38. The van der Waals surface area contributed by atoms with E-state index in [-0.39, 0.29) is 11.7 Å². The molecule has 0 radical (unpaired) electrons. The number of carboxylic acids is 1. The summed E-state index contributed by atoms with van der Waals surface area (Å²) in [5, 5.41) is 10.3. The van der Waals surface area contributed by atoms with Crippen molar-refractivity contribution in [3.63, 3.8) is 0 Å². The second-order valence-corrected chi connectivity index (χ2v) is 13.1. The van der Waals surface area contributed by atoms with E-state index in [1.54, 1.807) is 6.92 Å². The van der Waals surface area contributed by atoms with Crippen LogP contribution < -0.4 is 9.46 Å². The average Bonchev–Trinajstić information content (AvgIpc) is 2.81. The summed E-state index contributed by atoms with van der Waals surface area (Å²) in [6, 6.07) is 6.02. The molecule has 0 spiro atoms. The fourth-order valence-corrected chi connectivity index (χ4v) is 6.46. The highest BCUT2D eigenvalue weighted by atomic mass is 32.2. The van der Waals surface area contributed by atoms with E-state index in [9.17, 15) is 18.3 Å². The van der Waals surface area contributed by atoms with E-state index in [0.717, 1.165) is 54.6 Å². The first kappa shape index (κ1) is 29.2. The number of aliphatic carboxylic acids is 1. The maximum atomic E-state index is 12.9. The number of carbonyl (C=O) groups is 1. The molecule has 3 rings (SSSR count). The molecule has 2 atom stereocenters. The van der Waals surface area contributed by atoms with Gasteiger partial charge in [0.15, 0.2) is 6.10 Å². The first-order valence-corrected chi connectivity index (χ1v) is 15.1. The summed E-state index contributed by atoms with van der Waals surface area (Å²) in [6.45, 7) is 12.1. The summed E-state index contributed by atoms with van der Waals surface area (Å²) in [5.41, 5.74) is 3.89. The first-order valence-electron chi connectivity index (χ1n) is 13.4. The molecule has 1 aliphatic heterocycles. The van der Waals surface area contributed by atoms with Crippen molar-refractivity contribution in [2.24, 2.45) is 5.92 Å². The molecule has 0 bridgehead atoms. The number of hydrogen-bond acceptors (Lipinski definition) is 5. The second kappa shape index (κ2) is 12.0. The number of unbranched alkanes of at least 4 members (excludes halogenated alkanes) is 3. The molecule has 37 heavy (non-hydrogen) atoms. The Morgan fingerprint density at radius 2 is 1.97 bits per heavy atom. The Morgan fingerprint density at radius 1 is 1.24 bits per heavy atom. The van der Waals surface area contributed by atoms with Crippen molar-refractivity contribution in [3.05, 3.63) is 46.2 Å². The highest BCUT2D eigenvalue weighted by molar-refractivity contribution is 7.89. The molecular formula is C29H43NO6S. The Labute approximate surface area is 222 Å². The number of allylic oxidation sites excluding steroid dienone is 2. The average molecular weight is 534 g/mol. The molecule has 0 aromatic heterocycles. The van der Waals surface area contributed by atoms with Crippen molar-refractivity contribution in [2.45, 2.75) is 98.2 Å². The number of ether oxygens (including phenoxy) is 2. The molecule has 7 nitrogen and oxygen atoms in total. The van der Waals surface area contributed by atoms with Gasteiger partial charge in [0.25, 0.3) is 0 Å². The van der Waals surface area contributed by atoms with Crippen LogP contribution in [0.2, 0.25) is 0 Å². The molecule has 1 aromatic carbocycles. The largest absolute Gasteiger partial charge is 0.493 e. The summed E-state index contributed by atoms with van der Waals surface area (Å²) in [6.07, 6.45) is 4.56. The number of fused-ring (bicyclic) bond motifs is 1. The van der Waals surface area contributed by atoms with Crippen molar-refractivity contribution < 1.29 is 27.8 Å². The SMILES string of the molecule is CCCCCCS(=O)(=O)NC1=C(C)C(C(OC(C)(C)C)C(=O)O)=C(c2ccc3c(c2)CCCO3)C(C)C1. The van der Waals surface area contributed by atoms with Gasteiger partial charge in [0.05, 0.1) is 18.0 Å². The molecule has 1 aromatic rings. The molecule has 0 saturated heterocycles. The number of benzene rings is 1. The van der Waals surface area contributed by atoms with Crippen LogP contribution in [0.15, 0.2) is 35.0 Å². The van der Waals surface area contributed by atoms with Crippen LogP contribution in [-0.2, 0) is 26.0 Å². The lowest BCUT2D eigenvalue weighted by molar-refractivity contribution is -0.155. The lowest BCUT2D eigenvalue weighted by Gasteiger charge is -2.35. The van der Waals surface area contributed by atoms with Crippen LogP contribution >= 0.6 is 0 Å². The minimum Gasteiger partial charge on any atom is -0.493 e. The molecule has 206 valence electrons. The molecule has 0 amide bonds. The smallest absolute Gasteiger partial charge is 0.337 e. The zero-order valence-electron chi connectivity index (χ0n) is 23.1. The number of hydrogen-bond donors (Lipinski definition) is 2. The molecule has 1 aliphatic carbocycles. The van der Waals surface area contributed by atoms with Gasteiger partial charge in [0.1, 0.15) is 5.75 Å². The van der Waals surface area contributed by atoms with Gasteiger partial charge in [0.2, 0.25) is 10.0 Å². The summed E-state index contributed by atoms with van der Waals surface area (Å²) in [4.78, 5) is 12.6. The third kappa shape index (κ3) is 7.60. The van der Waals surface area contributed by atoms with Crippen molar-refractivity contribution >= 4 is 21.6 Å². The lowest BCUT2D eigenvalue weighted by atomic mass is 9.76. The maximum absolute atomic E-state index is 12.9.